The minimum absolute atomic E-state index is 0.0751. The zero-order valence-corrected chi connectivity index (χ0v) is 17.6. The molecule has 0 aliphatic carbocycles. The molecule has 31 heavy (non-hydrogen) atoms. The number of hydrogen-bond acceptors (Lipinski definition) is 4. The summed E-state index contributed by atoms with van der Waals surface area (Å²) in [6.07, 6.45) is 8.59. The molecule has 0 bridgehead atoms. The summed E-state index contributed by atoms with van der Waals surface area (Å²) in [5.74, 6) is -1.04. The lowest BCUT2D eigenvalue weighted by atomic mass is 9.96. The number of rotatable bonds is 8. The van der Waals surface area contributed by atoms with Gasteiger partial charge in [-0.05, 0) is 67.2 Å². The third kappa shape index (κ3) is 5.98. The number of carbonyl (C=O) groups excluding carboxylic acids is 1. The Morgan fingerprint density at radius 1 is 1.13 bits per heavy atom. The van der Waals surface area contributed by atoms with E-state index in [1.54, 1.807) is 30.3 Å². The monoisotopic (exact) mass is 420 g/mol. The fraction of sp³-hybridized carbons (Fsp3) is 0.280. The number of benzene rings is 2. The molecule has 3 rings (SSSR count). The van der Waals surface area contributed by atoms with Gasteiger partial charge in [-0.3, -0.25) is 4.79 Å². The molecule has 0 unspecified atom stereocenters. The third-order valence-electron chi connectivity index (χ3n) is 5.23. The smallest absolute Gasteiger partial charge is 0.337 e. The number of aromatic hydroxyl groups is 1. The molecule has 6 nitrogen and oxygen atoms in total. The fourth-order valence-corrected chi connectivity index (χ4v) is 3.60. The van der Waals surface area contributed by atoms with Crippen LogP contribution in [0.2, 0.25) is 0 Å². The number of carbonyl (C=O) groups is 2. The van der Waals surface area contributed by atoms with Gasteiger partial charge in [-0.15, -0.1) is 0 Å². The van der Waals surface area contributed by atoms with Crippen molar-refractivity contribution in [3.63, 3.8) is 0 Å². The van der Waals surface area contributed by atoms with Crippen LogP contribution in [0.15, 0.2) is 65.9 Å². The van der Waals surface area contributed by atoms with Crippen LogP contribution in [0.1, 0.15) is 54.9 Å². The number of aromatic carboxylic acids is 1. The number of allylic oxidation sites excluding steroid dienone is 4. The number of amides is 1. The van der Waals surface area contributed by atoms with E-state index in [-0.39, 0.29) is 23.6 Å². The van der Waals surface area contributed by atoms with Gasteiger partial charge < -0.3 is 20.8 Å². The van der Waals surface area contributed by atoms with Gasteiger partial charge in [0.2, 0.25) is 5.91 Å². The quantitative estimate of drug-likeness (QED) is 0.424. The van der Waals surface area contributed by atoms with Crippen LogP contribution >= 0.6 is 0 Å². The number of aryl methyl sites for hydroxylation is 1. The van der Waals surface area contributed by atoms with Crippen LogP contribution in [0, 0.1) is 0 Å². The zero-order valence-electron chi connectivity index (χ0n) is 17.6. The molecule has 2 aromatic rings. The van der Waals surface area contributed by atoms with Gasteiger partial charge in [0.05, 0.1) is 11.3 Å². The van der Waals surface area contributed by atoms with Crippen molar-refractivity contribution in [3.05, 3.63) is 77.0 Å². The third-order valence-corrected chi connectivity index (χ3v) is 5.23. The SMILES string of the molecule is CCC/C=C/C(CCC(=O)Nc1ccccc1C(=O)O)=C1/CCc2cc(O)ccc2N1. The van der Waals surface area contributed by atoms with E-state index in [4.69, 9.17) is 0 Å². The van der Waals surface area contributed by atoms with Crippen LogP contribution in [-0.4, -0.2) is 22.1 Å². The molecule has 1 aliphatic heterocycles. The highest BCUT2D eigenvalue weighted by molar-refractivity contribution is 6.00. The minimum Gasteiger partial charge on any atom is -0.508 e. The lowest BCUT2D eigenvalue weighted by Gasteiger charge is -2.23. The van der Waals surface area contributed by atoms with Gasteiger partial charge >= 0.3 is 5.97 Å². The van der Waals surface area contributed by atoms with E-state index in [0.29, 0.717) is 12.1 Å². The summed E-state index contributed by atoms with van der Waals surface area (Å²) in [5, 5.41) is 25.2. The first kappa shape index (κ1) is 22.2. The molecule has 0 fully saturated rings. The maximum Gasteiger partial charge on any atom is 0.337 e. The Balaban J connectivity index is 1.73. The summed E-state index contributed by atoms with van der Waals surface area (Å²) in [6, 6.07) is 11.7. The summed E-state index contributed by atoms with van der Waals surface area (Å²) >= 11 is 0. The molecule has 2 aromatic carbocycles. The number of hydrogen-bond donors (Lipinski definition) is 4. The Labute approximate surface area is 182 Å². The van der Waals surface area contributed by atoms with E-state index >= 15 is 0 Å². The maximum atomic E-state index is 12.5. The van der Waals surface area contributed by atoms with Crippen molar-refractivity contribution < 1.29 is 19.8 Å². The molecule has 0 atom stereocenters. The summed E-state index contributed by atoms with van der Waals surface area (Å²) < 4.78 is 0. The highest BCUT2D eigenvalue weighted by Crippen LogP contribution is 2.32. The molecule has 162 valence electrons. The molecule has 1 heterocycles. The second-order valence-electron chi connectivity index (χ2n) is 7.56. The van der Waals surface area contributed by atoms with Crippen molar-refractivity contribution in [1.82, 2.24) is 0 Å². The number of phenolic OH excluding ortho intramolecular Hbond substituents is 1. The van der Waals surface area contributed by atoms with Crippen LogP contribution < -0.4 is 10.6 Å². The van der Waals surface area contributed by atoms with Gasteiger partial charge in [-0.2, -0.15) is 0 Å². The molecule has 0 radical (unpaired) electrons. The Hall–Kier alpha value is -3.54. The van der Waals surface area contributed by atoms with Crippen LogP contribution in [-0.2, 0) is 11.2 Å². The average molecular weight is 421 g/mol. The number of carboxylic acid groups (broad SMARTS) is 1. The van der Waals surface area contributed by atoms with Crippen molar-refractivity contribution in [1.29, 1.82) is 0 Å². The highest BCUT2D eigenvalue weighted by Gasteiger charge is 2.17. The lowest BCUT2D eigenvalue weighted by Crippen LogP contribution is -2.16. The predicted octanol–water partition coefficient (Wildman–Crippen LogP) is 5.48. The molecule has 4 N–H and O–H groups in total. The van der Waals surface area contributed by atoms with Crippen molar-refractivity contribution in [3.8, 4) is 5.75 Å². The minimum atomic E-state index is -1.07. The number of unbranched alkanes of at least 4 members (excludes halogenated alkanes) is 1. The molecule has 0 saturated carbocycles. The van der Waals surface area contributed by atoms with Crippen LogP contribution in [0.4, 0.5) is 11.4 Å². The van der Waals surface area contributed by atoms with Gasteiger partial charge in [-0.25, -0.2) is 4.79 Å². The lowest BCUT2D eigenvalue weighted by molar-refractivity contribution is -0.116. The molecule has 1 aliphatic rings. The number of anilines is 2. The Morgan fingerprint density at radius 2 is 1.94 bits per heavy atom. The number of nitrogens with one attached hydrogen (secondary N) is 2. The van der Waals surface area contributed by atoms with Crippen LogP contribution in [0.25, 0.3) is 0 Å². The number of fused-ring (bicyclic) bond motifs is 1. The van der Waals surface area contributed by atoms with E-state index < -0.39 is 5.97 Å². The van der Waals surface area contributed by atoms with E-state index in [1.807, 2.05) is 6.07 Å². The average Bonchev–Trinajstić information content (AvgIpc) is 2.76. The molecule has 0 aromatic heterocycles. The summed E-state index contributed by atoms with van der Waals surface area (Å²) in [7, 11) is 0. The molecule has 0 saturated heterocycles. The largest absolute Gasteiger partial charge is 0.508 e. The Kier molecular flexibility index (Phi) is 7.49. The van der Waals surface area contributed by atoms with Crippen molar-refractivity contribution in [2.75, 3.05) is 10.6 Å². The van der Waals surface area contributed by atoms with Crippen LogP contribution in [0.3, 0.4) is 0 Å². The molecule has 6 heteroatoms. The van der Waals surface area contributed by atoms with E-state index in [9.17, 15) is 19.8 Å². The second-order valence-corrected chi connectivity index (χ2v) is 7.56. The van der Waals surface area contributed by atoms with Gasteiger partial charge in [0.1, 0.15) is 5.75 Å². The molecule has 0 spiro atoms. The first-order valence-electron chi connectivity index (χ1n) is 10.6. The maximum absolute atomic E-state index is 12.5. The number of phenols is 1. The summed E-state index contributed by atoms with van der Waals surface area (Å²) in [5.41, 5.74) is 4.56. The van der Waals surface area contributed by atoms with Gasteiger partial charge in [-0.1, -0.05) is 37.6 Å². The van der Waals surface area contributed by atoms with Gasteiger partial charge in [0.25, 0.3) is 0 Å². The van der Waals surface area contributed by atoms with E-state index in [0.717, 1.165) is 48.2 Å². The van der Waals surface area contributed by atoms with Crippen molar-refractivity contribution in [2.45, 2.75) is 45.4 Å². The molecular weight excluding hydrogens is 392 g/mol. The predicted molar refractivity (Wildman–Crippen MR) is 122 cm³/mol. The van der Waals surface area contributed by atoms with E-state index in [2.05, 4.69) is 29.7 Å². The van der Waals surface area contributed by atoms with Crippen LogP contribution in [0.5, 0.6) is 5.75 Å². The summed E-state index contributed by atoms with van der Waals surface area (Å²) in [6.45, 7) is 2.12. The molecular formula is C25H28N2O4. The standard InChI is InChI=1S/C25H28N2O4/c1-2-3-4-7-17(21-13-10-18-16-19(28)12-14-22(18)26-21)11-15-24(29)27-23-9-6-5-8-20(23)25(30)31/h4-9,12,14,16,26,28H,2-3,10-11,13,15H2,1H3,(H,27,29)(H,30,31)/b7-4+,21-17+. The van der Waals surface area contributed by atoms with Crippen molar-refractivity contribution in [2.24, 2.45) is 0 Å². The summed E-state index contributed by atoms with van der Waals surface area (Å²) in [4.78, 5) is 23.9. The highest BCUT2D eigenvalue weighted by atomic mass is 16.4. The fourth-order valence-electron chi connectivity index (χ4n) is 3.60. The first-order chi connectivity index (χ1) is 15.0. The molecule has 1 amide bonds. The van der Waals surface area contributed by atoms with Gasteiger partial charge in [0.15, 0.2) is 0 Å². The zero-order chi connectivity index (χ0) is 22.2. The van der Waals surface area contributed by atoms with E-state index in [1.165, 1.54) is 6.07 Å². The topological polar surface area (TPSA) is 98.7 Å². The van der Waals surface area contributed by atoms with Gasteiger partial charge in [0, 0.05) is 17.8 Å². The second kappa shape index (κ2) is 10.5. The Bertz CT molecular complexity index is 1020. The van der Waals surface area contributed by atoms with Crippen molar-refractivity contribution >= 4 is 23.3 Å². The normalized spacial score (nSPS) is 14.6. The number of carboxylic acids is 1. The first-order valence-corrected chi connectivity index (χ1v) is 10.6. The Morgan fingerprint density at radius 3 is 2.71 bits per heavy atom. The number of para-hydroxylation sites is 1.